The van der Waals surface area contributed by atoms with E-state index in [1.54, 1.807) is 0 Å². The lowest BCUT2D eigenvalue weighted by Gasteiger charge is -2.47. The quantitative estimate of drug-likeness (QED) is 0.724. The minimum absolute atomic E-state index is 0.00861. The number of hydrogen-bond acceptors (Lipinski definition) is 2. The molecule has 0 aromatic carbocycles. The number of aliphatic hydroxyl groups excluding tert-OH is 1. The van der Waals surface area contributed by atoms with Gasteiger partial charge in [0.15, 0.2) is 0 Å². The topological polar surface area (TPSA) is 23.5 Å². The Morgan fingerprint density at radius 1 is 0.857 bits per heavy atom. The summed E-state index contributed by atoms with van der Waals surface area (Å²) in [4.78, 5) is 2.65. The zero-order chi connectivity index (χ0) is 9.54. The Morgan fingerprint density at radius 2 is 1.57 bits per heavy atom. The highest BCUT2D eigenvalue weighted by molar-refractivity contribution is 4.97. The van der Waals surface area contributed by atoms with Crippen LogP contribution in [-0.4, -0.2) is 35.2 Å². The molecular formula is C12H21NO. The monoisotopic (exact) mass is 195 g/mol. The predicted octanol–water partition coefficient (Wildman–Crippen LogP) is 1.63. The third-order valence-electron chi connectivity index (χ3n) is 4.49. The van der Waals surface area contributed by atoms with Crippen LogP contribution in [0.1, 0.15) is 38.5 Å². The van der Waals surface area contributed by atoms with Crippen LogP contribution in [0.15, 0.2) is 0 Å². The van der Waals surface area contributed by atoms with E-state index in [2.05, 4.69) is 4.90 Å². The smallest absolute Gasteiger partial charge is 0.0564 e. The molecule has 0 aromatic heterocycles. The first kappa shape index (κ1) is 9.17. The van der Waals surface area contributed by atoms with Gasteiger partial charge >= 0.3 is 0 Å². The fourth-order valence-electron chi connectivity index (χ4n) is 3.25. The average Bonchev–Trinajstić information content (AvgIpc) is 2.91. The third-order valence-corrected chi connectivity index (χ3v) is 4.49. The molecule has 0 aromatic rings. The summed E-state index contributed by atoms with van der Waals surface area (Å²) in [6, 6.07) is 0.898. The van der Waals surface area contributed by atoms with Gasteiger partial charge in [0.25, 0.3) is 0 Å². The molecule has 2 heteroatoms. The van der Waals surface area contributed by atoms with Crippen LogP contribution in [0.3, 0.4) is 0 Å². The molecule has 2 aliphatic carbocycles. The number of rotatable bonds is 2. The summed E-state index contributed by atoms with van der Waals surface area (Å²) in [5.41, 5.74) is 0. The third kappa shape index (κ3) is 1.59. The van der Waals surface area contributed by atoms with E-state index in [-0.39, 0.29) is 6.10 Å². The van der Waals surface area contributed by atoms with Crippen LogP contribution in [0, 0.1) is 11.8 Å². The van der Waals surface area contributed by atoms with E-state index in [1.165, 1.54) is 25.7 Å². The minimum Gasteiger partial charge on any atom is -0.393 e. The largest absolute Gasteiger partial charge is 0.393 e. The molecule has 2 atom stereocenters. The first-order valence-corrected chi connectivity index (χ1v) is 6.27. The highest BCUT2D eigenvalue weighted by Gasteiger charge is 2.44. The number of nitrogens with zero attached hydrogens (tertiary/aromatic N) is 1. The van der Waals surface area contributed by atoms with Crippen LogP contribution in [0.2, 0.25) is 0 Å². The van der Waals surface area contributed by atoms with Gasteiger partial charge < -0.3 is 5.11 Å². The van der Waals surface area contributed by atoms with Crippen molar-refractivity contribution in [3.05, 3.63) is 0 Å². The Hall–Kier alpha value is -0.0800. The van der Waals surface area contributed by atoms with Crippen molar-refractivity contribution in [2.24, 2.45) is 11.8 Å². The zero-order valence-corrected chi connectivity index (χ0v) is 8.86. The zero-order valence-electron chi connectivity index (χ0n) is 8.86. The van der Waals surface area contributed by atoms with Gasteiger partial charge in [-0.1, -0.05) is 0 Å². The van der Waals surface area contributed by atoms with Gasteiger partial charge in [0.2, 0.25) is 0 Å². The van der Waals surface area contributed by atoms with E-state index >= 15 is 0 Å². The van der Waals surface area contributed by atoms with Gasteiger partial charge in [-0.05, 0) is 50.4 Å². The van der Waals surface area contributed by atoms with E-state index in [9.17, 15) is 5.11 Å². The normalized spacial score (nSPS) is 40.9. The van der Waals surface area contributed by atoms with Crippen LogP contribution >= 0.6 is 0 Å². The van der Waals surface area contributed by atoms with E-state index in [1.807, 2.05) is 0 Å². The highest BCUT2D eigenvalue weighted by atomic mass is 16.3. The van der Waals surface area contributed by atoms with Crippen molar-refractivity contribution in [2.45, 2.75) is 50.7 Å². The van der Waals surface area contributed by atoms with Crippen molar-refractivity contribution in [3.63, 3.8) is 0 Å². The number of piperidine rings is 1. The molecule has 0 bridgehead atoms. The van der Waals surface area contributed by atoms with Crippen molar-refractivity contribution in [3.8, 4) is 0 Å². The van der Waals surface area contributed by atoms with Gasteiger partial charge in [0.1, 0.15) is 0 Å². The highest BCUT2D eigenvalue weighted by Crippen LogP contribution is 2.49. The Morgan fingerprint density at radius 3 is 2.07 bits per heavy atom. The lowest BCUT2D eigenvalue weighted by Crippen LogP contribution is -2.51. The molecule has 1 aliphatic heterocycles. The fraction of sp³-hybridized carbons (Fsp3) is 1.00. The maximum atomic E-state index is 9.46. The second-order valence-electron chi connectivity index (χ2n) is 5.41. The van der Waals surface area contributed by atoms with Gasteiger partial charge in [0.05, 0.1) is 6.10 Å². The summed E-state index contributed by atoms with van der Waals surface area (Å²) in [7, 11) is 0. The van der Waals surface area contributed by atoms with Gasteiger partial charge in [-0.2, -0.15) is 0 Å². The molecule has 0 radical (unpaired) electrons. The Kier molecular flexibility index (Phi) is 2.29. The van der Waals surface area contributed by atoms with E-state index in [4.69, 9.17) is 0 Å². The molecule has 2 nitrogen and oxygen atoms in total. The Balaban J connectivity index is 1.54. The lowest BCUT2D eigenvalue weighted by molar-refractivity contribution is 0.000660. The van der Waals surface area contributed by atoms with Gasteiger partial charge in [-0.3, -0.25) is 4.90 Å². The second-order valence-corrected chi connectivity index (χ2v) is 5.41. The van der Waals surface area contributed by atoms with Crippen molar-refractivity contribution in [1.29, 1.82) is 0 Å². The molecule has 2 unspecified atom stereocenters. The van der Waals surface area contributed by atoms with Crippen LogP contribution in [-0.2, 0) is 0 Å². The molecule has 3 aliphatic rings. The molecule has 80 valence electrons. The Bertz CT molecular complexity index is 206. The molecule has 3 fully saturated rings. The molecule has 14 heavy (non-hydrogen) atoms. The van der Waals surface area contributed by atoms with Crippen molar-refractivity contribution in [2.75, 3.05) is 13.1 Å². The molecular weight excluding hydrogens is 174 g/mol. The summed E-state index contributed by atoms with van der Waals surface area (Å²) >= 11 is 0. The van der Waals surface area contributed by atoms with Gasteiger partial charge in [-0.25, -0.2) is 0 Å². The van der Waals surface area contributed by atoms with Crippen LogP contribution in [0.4, 0.5) is 0 Å². The molecule has 1 heterocycles. The molecule has 1 N–H and O–H groups in total. The van der Waals surface area contributed by atoms with Gasteiger partial charge in [0, 0.05) is 19.1 Å². The fourth-order valence-corrected chi connectivity index (χ4v) is 3.25. The molecule has 0 amide bonds. The predicted molar refractivity (Wildman–Crippen MR) is 56.0 cm³/mol. The first-order valence-electron chi connectivity index (χ1n) is 6.27. The molecule has 1 saturated heterocycles. The van der Waals surface area contributed by atoms with Crippen LogP contribution in [0.5, 0.6) is 0 Å². The molecule has 0 spiro atoms. The molecule has 2 saturated carbocycles. The minimum atomic E-state index is -0.00861. The summed E-state index contributed by atoms with van der Waals surface area (Å²) in [6.07, 6.45) is 7.91. The lowest BCUT2D eigenvalue weighted by atomic mass is 9.74. The van der Waals surface area contributed by atoms with Crippen LogP contribution < -0.4 is 0 Å². The van der Waals surface area contributed by atoms with Gasteiger partial charge in [-0.15, -0.1) is 0 Å². The van der Waals surface area contributed by atoms with E-state index < -0.39 is 0 Å². The number of likely N-dealkylation sites (tertiary alicyclic amines) is 1. The summed E-state index contributed by atoms with van der Waals surface area (Å²) < 4.78 is 0. The molecule has 3 rings (SSSR count). The van der Waals surface area contributed by atoms with Crippen molar-refractivity contribution in [1.82, 2.24) is 4.90 Å². The summed E-state index contributed by atoms with van der Waals surface area (Å²) in [5, 5.41) is 9.46. The van der Waals surface area contributed by atoms with Crippen molar-refractivity contribution >= 4 is 0 Å². The standard InChI is InChI=1S/C12H21NO/c14-10-5-7-13(8-6-10)12-4-3-11(12)9-1-2-9/h9-12,14H,1-8H2. The van der Waals surface area contributed by atoms with Crippen LogP contribution in [0.25, 0.3) is 0 Å². The summed E-state index contributed by atoms with van der Waals surface area (Å²) in [5.74, 6) is 2.12. The Labute approximate surface area is 86.3 Å². The SMILES string of the molecule is OC1CCN(C2CCC2C2CC2)CC1. The summed E-state index contributed by atoms with van der Waals surface area (Å²) in [6.45, 7) is 2.30. The first-order chi connectivity index (χ1) is 6.84. The maximum Gasteiger partial charge on any atom is 0.0564 e. The number of hydrogen-bond donors (Lipinski definition) is 1. The van der Waals surface area contributed by atoms with E-state index in [0.29, 0.717) is 0 Å². The average molecular weight is 195 g/mol. The van der Waals surface area contributed by atoms with Crippen molar-refractivity contribution < 1.29 is 5.11 Å². The van der Waals surface area contributed by atoms with E-state index in [0.717, 1.165) is 43.8 Å². The maximum absolute atomic E-state index is 9.46. The second kappa shape index (κ2) is 3.49. The number of aliphatic hydroxyl groups is 1.